The Kier molecular flexibility index (Phi) is 2.95. The van der Waals surface area contributed by atoms with Gasteiger partial charge in [0.2, 0.25) is 0 Å². The monoisotopic (exact) mass is 292 g/mol. The highest BCUT2D eigenvalue weighted by atomic mass is 35.5. The van der Waals surface area contributed by atoms with Crippen molar-refractivity contribution in [2.75, 3.05) is 0 Å². The summed E-state index contributed by atoms with van der Waals surface area (Å²) in [7, 11) is 1.92. The van der Waals surface area contributed by atoms with Crippen molar-refractivity contribution in [3.8, 4) is 0 Å². The molecule has 0 aliphatic heterocycles. The smallest absolute Gasteiger partial charge is 0.178 e. The second-order valence-corrected chi connectivity index (χ2v) is 5.41. The van der Waals surface area contributed by atoms with Crippen molar-refractivity contribution in [1.29, 1.82) is 0 Å². The standard InChI is InChI=1S/C13H13ClN4S/c1-8-9(6-17(2)16-8)7-18-12-5-10(14)3-4-11(12)15-13(18)19/h3-6H,7H2,1-2H3,(H,15,19). The number of rotatable bonds is 2. The Morgan fingerprint density at radius 2 is 2.21 bits per heavy atom. The molecule has 0 spiro atoms. The van der Waals surface area contributed by atoms with Crippen molar-refractivity contribution in [3.05, 3.63) is 45.4 Å². The lowest BCUT2D eigenvalue weighted by Gasteiger charge is -2.03. The minimum absolute atomic E-state index is 0.693. The second-order valence-electron chi connectivity index (χ2n) is 4.59. The number of aromatic nitrogens is 4. The number of hydrogen-bond donors (Lipinski definition) is 1. The molecule has 0 saturated carbocycles. The van der Waals surface area contributed by atoms with E-state index in [1.165, 1.54) is 0 Å². The molecule has 0 radical (unpaired) electrons. The van der Waals surface area contributed by atoms with Crippen molar-refractivity contribution in [2.24, 2.45) is 7.05 Å². The van der Waals surface area contributed by atoms with Crippen LogP contribution in [0.15, 0.2) is 24.4 Å². The summed E-state index contributed by atoms with van der Waals surface area (Å²) >= 11 is 11.4. The molecule has 0 saturated heterocycles. The van der Waals surface area contributed by atoms with E-state index in [0.29, 0.717) is 16.3 Å². The molecule has 2 heterocycles. The van der Waals surface area contributed by atoms with Gasteiger partial charge >= 0.3 is 0 Å². The van der Waals surface area contributed by atoms with Gasteiger partial charge < -0.3 is 9.55 Å². The van der Waals surface area contributed by atoms with Crippen LogP contribution in [0.4, 0.5) is 0 Å². The van der Waals surface area contributed by atoms with E-state index in [-0.39, 0.29) is 0 Å². The zero-order valence-electron chi connectivity index (χ0n) is 10.6. The maximum absolute atomic E-state index is 6.06. The maximum Gasteiger partial charge on any atom is 0.178 e. The third kappa shape index (κ3) is 2.19. The minimum atomic E-state index is 0.693. The molecular weight excluding hydrogens is 280 g/mol. The Bertz CT molecular complexity index is 812. The van der Waals surface area contributed by atoms with Gasteiger partial charge in [0.25, 0.3) is 0 Å². The van der Waals surface area contributed by atoms with Gasteiger partial charge in [-0.2, -0.15) is 5.10 Å². The Balaban J connectivity index is 2.14. The number of halogens is 1. The fourth-order valence-electron chi connectivity index (χ4n) is 2.26. The zero-order valence-corrected chi connectivity index (χ0v) is 12.2. The summed E-state index contributed by atoms with van der Waals surface area (Å²) in [5.74, 6) is 0. The molecule has 0 aliphatic carbocycles. The molecule has 1 N–H and O–H groups in total. The van der Waals surface area contributed by atoms with Gasteiger partial charge in [-0.05, 0) is 37.3 Å². The van der Waals surface area contributed by atoms with Gasteiger partial charge in [-0.25, -0.2) is 0 Å². The molecule has 1 aromatic carbocycles. The molecule has 4 nitrogen and oxygen atoms in total. The van der Waals surface area contributed by atoms with Crippen LogP contribution in [-0.2, 0) is 13.6 Å². The van der Waals surface area contributed by atoms with Crippen LogP contribution < -0.4 is 0 Å². The minimum Gasteiger partial charge on any atom is -0.331 e. The second kappa shape index (κ2) is 4.51. The van der Waals surface area contributed by atoms with E-state index in [1.54, 1.807) is 0 Å². The summed E-state index contributed by atoms with van der Waals surface area (Å²) in [5, 5.41) is 5.06. The Labute approximate surface area is 120 Å². The molecule has 0 fully saturated rings. The Morgan fingerprint density at radius 3 is 2.89 bits per heavy atom. The number of aromatic amines is 1. The lowest BCUT2D eigenvalue weighted by Crippen LogP contribution is -2.00. The first-order valence-corrected chi connectivity index (χ1v) is 6.70. The summed E-state index contributed by atoms with van der Waals surface area (Å²) in [6.45, 7) is 2.69. The van der Waals surface area contributed by atoms with Gasteiger partial charge in [-0.15, -0.1) is 0 Å². The van der Waals surface area contributed by atoms with Gasteiger partial charge in [0.15, 0.2) is 4.77 Å². The molecule has 3 aromatic rings. The molecule has 0 unspecified atom stereocenters. The molecule has 2 aromatic heterocycles. The maximum atomic E-state index is 6.06. The summed E-state index contributed by atoms with van der Waals surface area (Å²) in [5.41, 5.74) is 4.18. The SMILES string of the molecule is Cc1nn(C)cc1Cn1c(=S)[nH]c2ccc(Cl)cc21. The topological polar surface area (TPSA) is 38.5 Å². The van der Waals surface area contributed by atoms with Crippen LogP contribution in [0.5, 0.6) is 0 Å². The van der Waals surface area contributed by atoms with E-state index in [4.69, 9.17) is 23.8 Å². The van der Waals surface area contributed by atoms with E-state index >= 15 is 0 Å². The predicted molar refractivity (Wildman–Crippen MR) is 79.2 cm³/mol. The molecule has 0 bridgehead atoms. The van der Waals surface area contributed by atoms with E-state index in [9.17, 15) is 0 Å². The molecule has 0 aliphatic rings. The number of H-pyrrole nitrogens is 1. The first-order chi connectivity index (χ1) is 9.04. The van der Waals surface area contributed by atoms with Crippen LogP contribution >= 0.6 is 23.8 Å². The number of imidazole rings is 1. The van der Waals surface area contributed by atoms with Crippen LogP contribution in [0.3, 0.4) is 0 Å². The Hall–Kier alpha value is -1.59. The van der Waals surface area contributed by atoms with Crippen molar-refractivity contribution in [1.82, 2.24) is 19.3 Å². The first-order valence-electron chi connectivity index (χ1n) is 5.92. The van der Waals surface area contributed by atoms with Crippen molar-refractivity contribution in [2.45, 2.75) is 13.5 Å². The van der Waals surface area contributed by atoms with E-state index in [0.717, 1.165) is 22.3 Å². The number of benzene rings is 1. The summed E-state index contributed by atoms with van der Waals surface area (Å²) in [4.78, 5) is 3.19. The number of aryl methyl sites for hydroxylation is 2. The highest BCUT2D eigenvalue weighted by Crippen LogP contribution is 2.21. The normalized spacial score (nSPS) is 11.3. The summed E-state index contributed by atoms with van der Waals surface area (Å²) in [6, 6.07) is 5.73. The van der Waals surface area contributed by atoms with E-state index in [1.807, 2.05) is 47.6 Å². The molecule has 0 amide bonds. The van der Waals surface area contributed by atoms with Gasteiger partial charge in [0.1, 0.15) is 0 Å². The third-order valence-electron chi connectivity index (χ3n) is 3.18. The van der Waals surface area contributed by atoms with Crippen molar-refractivity contribution < 1.29 is 0 Å². The largest absolute Gasteiger partial charge is 0.331 e. The van der Waals surface area contributed by atoms with E-state index in [2.05, 4.69) is 10.1 Å². The van der Waals surface area contributed by atoms with E-state index < -0.39 is 0 Å². The van der Waals surface area contributed by atoms with Gasteiger partial charge in [-0.1, -0.05) is 11.6 Å². The average molecular weight is 293 g/mol. The average Bonchev–Trinajstić information content (AvgIpc) is 2.81. The van der Waals surface area contributed by atoms with Crippen LogP contribution in [0.1, 0.15) is 11.3 Å². The fourth-order valence-corrected chi connectivity index (χ4v) is 2.70. The summed E-state index contributed by atoms with van der Waals surface area (Å²) in [6.07, 6.45) is 2.01. The van der Waals surface area contributed by atoms with Crippen molar-refractivity contribution >= 4 is 34.9 Å². The zero-order chi connectivity index (χ0) is 13.6. The molecule has 19 heavy (non-hydrogen) atoms. The number of nitrogens with one attached hydrogen (secondary N) is 1. The highest BCUT2D eigenvalue weighted by Gasteiger charge is 2.09. The quantitative estimate of drug-likeness (QED) is 0.735. The number of hydrogen-bond acceptors (Lipinski definition) is 2. The van der Waals surface area contributed by atoms with Crippen LogP contribution in [0, 0.1) is 11.7 Å². The molecule has 0 atom stereocenters. The Morgan fingerprint density at radius 1 is 1.42 bits per heavy atom. The van der Waals surface area contributed by atoms with Crippen LogP contribution in [0.2, 0.25) is 5.02 Å². The molecule has 3 rings (SSSR count). The van der Waals surface area contributed by atoms with Crippen LogP contribution in [-0.4, -0.2) is 19.3 Å². The lowest BCUT2D eigenvalue weighted by atomic mass is 10.2. The number of fused-ring (bicyclic) bond motifs is 1. The molecule has 98 valence electrons. The third-order valence-corrected chi connectivity index (χ3v) is 3.74. The summed E-state index contributed by atoms with van der Waals surface area (Å²) < 4.78 is 4.55. The van der Waals surface area contributed by atoms with Gasteiger partial charge in [0.05, 0.1) is 23.3 Å². The van der Waals surface area contributed by atoms with Crippen molar-refractivity contribution in [3.63, 3.8) is 0 Å². The predicted octanol–water partition coefficient (Wildman–Crippen LogP) is 3.44. The van der Waals surface area contributed by atoms with Crippen LogP contribution in [0.25, 0.3) is 11.0 Å². The number of nitrogens with zero attached hydrogens (tertiary/aromatic N) is 3. The fraction of sp³-hybridized carbons (Fsp3) is 0.231. The molecular formula is C13H13ClN4S. The lowest BCUT2D eigenvalue weighted by molar-refractivity contribution is 0.755. The first kappa shape index (κ1) is 12.4. The van der Waals surface area contributed by atoms with Gasteiger partial charge in [-0.3, -0.25) is 4.68 Å². The molecule has 6 heteroatoms. The van der Waals surface area contributed by atoms with Gasteiger partial charge in [0, 0.05) is 23.8 Å². The highest BCUT2D eigenvalue weighted by molar-refractivity contribution is 7.71.